The van der Waals surface area contributed by atoms with E-state index >= 15 is 0 Å². The lowest BCUT2D eigenvalue weighted by atomic mass is 10.2. The fraction of sp³-hybridized carbons (Fsp3) is 0. The van der Waals surface area contributed by atoms with Crippen molar-refractivity contribution < 1.29 is 19.6 Å². The number of non-ortho nitro benzene ring substituents is 1. The van der Waals surface area contributed by atoms with Gasteiger partial charge in [0.2, 0.25) is 0 Å². The summed E-state index contributed by atoms with van der Waals surface area (Å²) in [6, 6.07) is 1.17. The molecule has 1 aromatic heterocycles. The number of nitro benzene ring substituents is 3. The van der Waals surface area contributed by atoms with E-state index in [9.17, 15) is 30.3 Å². The molecule has 21 heavy (non-hydrogen) atoms. The maximum Gasteiger partial charge on any atom is 0.328 e. The van der Waals surface area contributed by atoms with Gasteiger partial charge in [0.05, 0.1) is 33.1 Å². The van der Waals surface area contributed by atoms with Gasteiger partial charge in [-0.25, -0.2) is 4.98 Å². The Morgan fingerprint density at radius 1 is 1.00 bits per heavy atom. The molecule has 108 valence electrons. The summed E-state index contributed by atoms with van der Waals surface area (Å²) in [5.41, 5.74) is -2.58. The van der Waals surface area contributed by atoms with Crippen LogP contribution in [0.25, 0.3) is 0 Å². The molecule has 0 aliphatic heterocycles. The molecule has 0 unspecified atom stereocenters. The van der Waals surface area contributed by atoms with Crippen LogP contribution in [0.5, 0.6) is 5.75 Å². The molecule has 2 aromatic rings. The molecule has 0 aliphatic carbocycles. The molecule has 0 saturated carbocycles. The highest BCUT2D eigenvalue weighted by Gasteiger charge is 2.33. The first kappa shape index (κ1) is 13.9. The molecule has 0 spiro atoms. The second-order valence-electron chi connectivity index (χ2n) is 3.60. The van der Waals surface area contributed by atoms with Crippen LogP contribution in [-0.2, 0) is 0 Å². The van der Waals surface area contributed by atoms with Gasteiger partial charge in [-0.15, -0.1) is 0 Å². The summed E-state index contributed by atoms with van der Waals surface area (Å²) < 4.78 is 0.890. The van der Waals surface area contributed by atoms with Crippen LogP contribution in [0.4, 0.5) is 17.1 Å². The van der Waals surface area contributed by atoms with Gasteiger partial charge in [0, 0.05) is 6.20 Å². The van der Waals surface area contributed by atoms with E-state index in [-0.39, 0.29) is 0 Å². The maximum atomic E-state index is 11.0. The van der Waals surface area contributed by atoms with E-state index in [1.807, 2.05) is 0 Å². The van der Waals surface area contributed by atoms with Crippen molar-refractivity contribution in [2.75, 3.05) is 0 Å². The highest BCUT2D eigenvalue weighted by Crippen LogP contribution is 2.40. The van der Waals surface area contributed by atoms with Crippen LogP contribution >= 0.6 is 0 Å². The van der Waals surface area contributed by atoms with Gasteiger partial charge in [-0.3, -0.25) is 30.3 Å². The Morgan fingerprint density at radius 2 is 1.57 bits per heavy atom. The van der Waals surface area contributed by atoms with Crippen molar-refractivity contribution in [1.29, 1.82) is 0 Å². The monoisotopic (exact) mass is 295 g/mol. The predicted octanol–water partition coefficient (Wildman–Crippen LogP) is 1.45. The average Bonchev–Trinajstić information content (AvgIpc) is 2.90. The van der Waals surface area contributed by atoms with Crippen LogP contribution in [0.1, 0.15) is 0 Å². The van der Waals surface area contributed by atoms with Crippen LogP contribution in [0.2, 0.25) is 0 Å². The number of rotatable bonds is 5. The normalized spacial score (nSPS) is 10.1. The van der Waals surface area contributed by atoms with Gasteiger partial charge >= 0.3 is 17.1 Å². The average molecular weight is 295 g/mol. The Labute approximate surface area is 114 Å². The Morgan fingerprint density at radius 3 is 1.95 bits per heavy atom. The maximum absolute atomic E-state index is 11.0. The molecule has 0 amide bonds. The van der Waals surface area contributed by atoms with E-state index in [2.05, 4.69) is 4.98 Å². The Balaban J connectivity index is 2.66. The van der Waals surface area contributed by atoms with Gasteiger partial charge in [0.1, 0.15) is 6.33 Å². The van der Waals surface area contributed by atoms with Gasteiger partial charge < -0.3 is 4.84 Å². The molecule has 0 saturated heterocycles. The highest BCUT2D eigenvalue weighted by atomic mass is 16.7. The molecule has 0 fully saturated rings. The SMILES string of the molecule is O=[N+]([O-])c1cc([N+](=O)[O-])c(On2ccnc2)c([N+](=O)[O-])c1. The fourth-order valence-corrected chi connectivity index (χ4v) is 1.46. The number of hydrogen-bond donors (Lipinski definition) is 0. The van der Waals surface area contributed by atoms with E-state index in [4.69, 9.17) is 4.84 Å². The molecule has 12 nitrogen and oxygen atoms in total. The number of aromatic nitrogens is 2. The second-order valence-corrected chi connectivity index (χ2v) is 3.60. The number of benzene rings is 1. The molecule has 1 aromatic carbocycles. The number of nitrogens with zero attached hydrogens (tertiary/aromatic N) is 5. The van der Waals surface area contributed by atoms with Crippen LogP contribution in [0.3, 0.4) is 0 Å². The third-order valence-electron chi connectivity index (χ3n) is 2.32. The van der Waals surface area contributed by atoms with E-state index in [0.29, 0.717) is 12.1 Å². The Bertz CT molecular complexity index is 691. The zero-order valence-electron chi connectivity index (χ0n) is 9.98. The minimum atomic E-state index is -1.01. The molecule has 2 rings (SSSR count). The van der Waals surface area contributed by atoms with E-state index in [1.165, 1.54) is 12.4 Å². The molecular formula is C9H5N5O7. The minimum Gasteiger partial charge on any atom is -0.359 e. The smallest absolute Gasteiger partial charge is 0.328 e. The van der Waals surface area contributed by atoms with Crippen molar-refractivity contribution in [3.05, 3.63) is 61.2 Å². The minimum absolute atomic E-state index is 0.583. The molecule has 12 heteroatoms. The lowest BCUT2D eigenvalue weighted by Crippen LogP contribution is -2.07. The lowest BCUT2D eigenvalue weighted by Gasteiger charge is -2.06. The van der Waals surface area contributed by atoms with Crippen LogP contribution < -0.4 is 4.84 Å². The largest absolute Gasteiger partial charge is 0.359 e. The van der Waals surface area contributed by atoms with Crippen molar-refractivity contribution >= 4 is 17.1 Å². The first-order chi connectivity index (χ1) is 9.90. The van der Waals surface area contributed by atoms with Gasteiger partial charge in [-0.2, -0.15) is 4.73 Å². The summed E-state index contributed by atoms with van der Waals surface area (Å²) >= 11 is 0. The molecule has 0 radical (unpaired) electrons. The highest BCUT2D eigenvalue weighted by molar-refractivity contribution is 5.65. The summed E-state index contributed by atoms with van der Waals surface area (Å²) in [6.07, 6.45) is 3.63. The summed E-state index contributed by atoms with van der Waals surface area (Å²) in [7, 11) is 0. The molecule has 1 heterocycles. The number of nitro groups is 3. The van der Waals surface area contributed by atoms with Crippen LogP contribution in [-0.4, -0.2) is 24.5 Å². The lowest BCUT2D eigenvalue weighted by molar-refractivity contribution is -0.404. The Hall–Kier alpha value is -3.57. The summed E-state index contributed by atoms with van der Waals surface area (Å²) in [5.74, 6) is -0.728. The molecule has 0 N–H and O–H groups in total. The third kappa shape index (κ3) is 2.73. The molecular weight excluding hydrogens is 290 g/mol. The van der Waals surface area contributed by atoms with E-state index < -0.39 is 37.6 Å². The quantitative estimate of drug-likeness (QED) is 0.592. The van der Waals surface area contributed by atoms with Gasteiger partial charge in [-0.1, -0.05) is 0 Å². The fourth-order valence-electron chi connectivity index (χ4n) is 1.46. The first-order valence-corrected chi connectivity index (χ1v) is 5.17. The zero-order chi connectivity index (χ0) is 15.6. The van der Waals surface area contributed by atoms with E-state index in [0.717, 1.165) is 11.1 Å². The topological polar surface area (TPSA) is 156 Å². The number of hydrogen-bond acceptors (Lipinski definition) is 8. The predicted molar refractivity (Wildman–Crippen MR) is 64.7 cm³/mol. The Kier molecular flexibility index (Phi) is 3.43. The van der Waals surface area contributed by atoms with Gasteiger partial charge in [0.25, 0.3) is 5.69 Å². The summed E-state index contributed by atoms with van der Waals surface area (Å²) in [6.45, 7) is 0. The second kappa shape index (κ2) is 5.20. The van der Waals surface area contributed by atoms with Gasteiger partial charge in [0.15, 0.2) is 0 Å². The van der Waals surface area contributed by atoms with Crippen molar-refractivity contribution in [3.8, 4) is 5.75 Å². The van der Waals surface area contributed by atoms with Crippen LogP contribution in [0.15, 0.2) is 30.9 Å². The molecule has 0 atom stereocenters. The van der Waals surface area contributed by atoms with Gasteiger partial charge in [-0.05, 0) is 0 Å². The van der Waals surface area contributed by atoms with Crippen molar-refractivity contribution in [2.45, 2.75) is 0 Å². The summed E-state index contributed by atoms with van der Waals surface area (Å²) in [4.78, 5) is 38.2. The van der Waals surface area contributed by atoms with E-state index in [1.54, 1.807) is 0 Å². The third-order valence-corrected chi connectivity index (χ3v) is 2.32. The van der Waals surface area contributed by atoms with Crippen molar-refractivity contribution in [1.82, 2.24) is 9.71 Å². The molecule has 0 aliphatic rings. The first-order valence-electron chi connectivity index (χ1n) is 5.17. The number of imidazole rings is 1. The molecule has 0 bridgehead atoms. The zero-order valence-corrected chi connectivity index (χ0v) is 9.98. The van der Waals surface area contributed by atoms with Crippen molar-refractivity contribution in [3.63, 3.8) is 0 Å². The summed E-state index contributed by atoms with van der Waals surface area (Å²) in [5, 5.41) is 32.6. The van der Waals surface area contributed by atoms with Crippen LogP contribution in [0, 0.1) is 30.3 Å². The standard InChI is InChI=1S/C9H5N5O7/c15-12(16)6-3-7(13(17)18)9(8(4-6)14(19)20)21-11-2-1-10-5-11/h1-5H. The van der Waals surface area contributed by atoms with Crippen molar-refractivity contribution in [2.24, 2.45) is 0 Å².